The van der Waals surface area contributed by atoms with Crippen LogP contribution < -0.4 is 10.8 Å². The van der Waals surface area contributed by atoms with Crippen molar-refractivity contribution in [3.63, 3.8) is 0 Å². The molecule has 3 aromatic carbocycles. The molecule has 0 aliphatic rings. The molecule has 0 radical (unpaired) electrons. The minimum atomic E-state index is -0.812. The van der Waals surface area contributed by atoms with E-state index >= 15 is 0 Å². The van der Waals surface area contributed by atoms with Gasteiger partial charge in [-0.15, -0.1) is 0 Å². The molecule has 0 aromatic heterocycles. The monoisotopic (exact) mass is 431 g/mol. The summed E-state index contributed by atoms with van der Waals surface area (Å²) in [7, 11) is 3.98. The highest BCUT2D eigenvalue weighted by Gasteiger charge is 2.23. The van der Waals surface area contributed by atoms with Crippen LogP contribution >= 0.6 is 0 Å². The van der Waals surface area contributed by atoms with E-state index in [0.29, 0.717) is 12.0 Å². The molecule has 6 nitrogen and oxygen atoms in total. The van der Waals surface area contributed by atoms with Crippen molar-refractivity contribution in [2.45, 2.75) is 12.5 Å². The number of esters is 1. The lowest BCUT2D eigenvalue weighted by atomic mass is 9.78. The number of benzene rings is 3. The number of carbonyl (C=O) groups excluding carboxylic acids is 2. The predicted molar refractivity (Wildman–Crippen MR) is 125 cm³/mol. The Balaban J connectivity index is 1.70. The number of ether oxygens (including phenoxy) is 1. The lowest BCUT2D eigenvalue weighted by Gasteiger charge is -2.17. The van der Waals surface area contributed by atoms with Gasteiger partial charge in [-0.05, 0) is 34.3 Å². The Morgan fingerprint density at radius 1 is 0.812 bits per heavy atom. The van der Waals surface area contributed by atoms with Crippen LogP contribution in [0.25, 0.3) is 11.1 Å². The van der Waals surface area contributed by atoms with E-state index in [1.807, 2.05) is 66.7 Å². The Kier molecular flexibility index (Phi) is 8.19. The van der Waals surface area contributed by atoms with E-state index in [1.165, 1.54) is 7.11 Å². The molecule has 0 aliphatic heterocycles. The highest BCUT2D eigenvalue weighted by atomic mass is 16.6. The average Bonchev–Trinajstić information content (AvgIpc) is 2.85. The van der Waals surface area contributed by atoms with Crippen LogP contribution in [0.15, 0.2) is 78.9 Å². The molecule has 0 spiro atoms. The molecule has 0 heterocycles. The van der Waals surface area contributed by atoms with Crippen LogP contribution in [0.5, 0.6) is 0 Å². The maximum Gasteiger partial charge on any atom is 0.493 e. The average molecular weight is 431 g/mol. The normalized spacial score (nSPS) is 11.5. The second-order valence-corrected chi connectivity index (χ2v) is 7.24. The number of nitrogens with one attached hydrogen (secondary N) is 1. The lowest BCUT2D eigenvalue weighted by molar-refractivity contribution is -0.142. The summed E-state index contributed by atoms with van der Waals surface area (Å²) >= 11 is 0. The number of methoxy groups -OCH3 is 1. The molecule has 3 rings (SSSR count). The van der Waals surface area contributed by atoms with Crippen molar-refractivity contribution in [2.24, 2.45) is 0 Å². The number of hydrogen-bond acceptors (Lipinski definition) is 5. The van der Waals surface area contributed by atoms with Crippen LogP contribution in [0.3, 0.4) is 0 Å². The molecule has 0 saturated carbocycles. The van der Waals surface area contributed by atoms with Gasteiger partial charge in [-0.3, -0.25) is 4.79 Å². The first kappa shape index (κ1) is 23.3. The topological polar surface area (TPSA) is 73.9 Å². The minimum Gasteiger partial charge on any atom is -0.467 e. The van der Waals surface area contributed by atoms with E-state index in [2.05, 4.69) is 5.32 Å². The van der Waals surface area contributed by atoms with Gasteiger partial charge in [-0.2, -0.15) is 0 Å². The first-order chi connectivity index (χ1) is 15.5. The van der Waals surface area contributed by atoms with Gasteiger partial charge in [0.15, 0.2) is 0 Å². The molecule has 1 atom stereocenters. The number of hydrogen-bond donors (Lipinski definition) is 1. The molecular formula is C25H26BNO5. The van der Waals surface area contributed by atoms with E-state index in [-0.39, 0.29) is 5.91 Å². The molecule has 1 amide bonds. The molecule has 1 N–H and O–H groups in total. The molecule has 0 unspecified atom stereocenters. The van der Waals surface area contributed by atoms with Crippen molar-refractivity contribution in [2.75, 3.05) is 21.3 Å². The summed E-state index contributed by atoms with van der Waals surface area (Å²) in [4.78, 5) is 25.1. The van der Waals surface area contributed by atoms with Crippen molar-refractivity contribution >= 4 is 24.5 Å². The zero-order valence-electron chi connectivity index (χ0n) is 18.4. The predicted octanol–water partition coefficient (Wildman–Crippen LogP) is 2.86. The van der Waals surface area contributed by atoms with Gasteiger partial charge in [0.2, 0.25) is 0 Å². The third-order valence-corrected chi connectivity index (χ3v) is 5.17. The third-order valence-electron chi connectivity index (χ3n) is 5.17. The van der Waals surface area contributed by atoms with Gasteiger partial charge in [-0.1, -0.05) is 66.7 Å². The van der Waals surface area contributed by atoms with Crippen LogP contribution in [0.2, 0.25) is 0 Å². The third kappa shape index (κ3) is 5.84. The van der Waals surface area contributed by atoms with Crippen LogP contribution in [-0.2, 0) is 25.3 Å². The molecule has 0 fully saturated rings. The molecular weight excluding hydrogens is 405 g/mol. The van der Waals surface area contributed by atoms with Gasteiger partial charge in [0.1, 0.15) is 6.04 Å². The lowest BCUT2D eigenvalue weighted by Crippen LogP contribution is -2.43. The fourth-order valence-electron chi connectivity index (χ4n) is 3.44. The molecule has 3 aromatic rings. The highest BCUT2D eigenvalue weighted by Crippen LogP contribution is 2.19. The van der Waals surface area contributed by atoms with Gasteiger partial charge < -0.3 is 19.4 Å². The number of rotatable bonds is 9. The zero-order chi connectivity index (χ0) is 22.9. The van der Waals surface area contributed by atoms with Crippen molar-refractivity contribution in [1.82, 2.24) is 5.32 Å². The fraction of sp³-hybridized carbons (Fsp3) is 0.200. The summed E-state index contributed by atoms with van der Waals surface area (Å²) < 4.78 is 15.4. The van der Waals surface area contributed by atoms with Crippen LogP contribution in [0.4, 0.5) is 0 Å². The molecule has 0 bridgehead atoms. The summed E-state index contributed by atoms with van der Waals surface area (Å²) in [6.45, 7) is 0. The summed E-state index contributed by atoms with van der Waals surface area (Å²) in [5, 5.41) is 2.79. The maximum atomic E-state index is 12.8. The SMILES string of the molecule is COB(OC)c1ccc(C[C@H](NC(=O)c2ccc(-c3ccccc3)cc2)C(=O)OC)cc1. The first-order valence-corrected chi connectivity index (χ1v) is 10.2. The largest absolute Gasteiger partial charge is 0.493 e. The Morgan fingerprint density at radius 3 is 1.97 bits per heavy atom. The Labute approximate surface area is 188 Å². The molecule has 0 aliphatic carbocycles. The van der Waals surface area contributed by atoms with E-state index in [4.69, 9.17) is 14.0 Å². The van der Waals surface area contributed by atoms with Crippen molar-refractivity contribution in [3.05, 3.63) is 90.0 Å². The second kappa shape index (κ2) is 11.3. The van der Waals surface area contributed by atoms with Crippen LogP contribution in [0.1, 0.15) is 15.9 Å². The molecule has 164 valence electrons. The van der Waals surface area contributed by atoms with Gasteiger partial charge in [0.05, 0.1) is 7.11 Å². The van der Waals surface area contributed by atoms with Crippen LogP contribution in [-0.4, -0.2) is 46.4 Å². The van der Waals surface area contributed by atoms with E-state index in [1.54, 1.807) is 26.4 Å². The summed E-state index contributed by atoms with van der Waals surface area (Å²) in [6, 6.07) is 23.8. The Bertz CT molecular complexity index is 1020. The summed E-state index contributed by atoms with van der Waals surface area (Å²) in [5.74, 6) is -0.842. The Hall–Kier alpha value is -3.42. The van der Waals surface area contributed by atoms with Gasteiger partial charge in [0.25, 0.3) is 5.91 Å². The minimum absolute atomic E-state index is 0.297. The molecule has 7 heteroatoms. The number of amides is 1. The second-order valence-electron chi connectivity index (χ2n) is 7.24. The van der Waals surface area contributed by atoms with Gasteiger partial charge >= 0.3 is 13.1 Å². The van der Waals surface area contributed by atoms with Gasteiger partial charge in [-0.25, -0.2) is 4.79 Å². The summed E-state index contributed by atoms with van der Waals surface area (Å²) in [6.07, 6.45) is 0.297. The summed E-state index contributed by atoms with van der Waals surface area (Å²) in [5.41, 5.74) is 4.28. The fourth-order valence-corrected chi connectivity index (χ4v) is 3.44. The zero-order valence-corrected chi connectivity index (χ0v) is 18.4. The first-order valence-electron chi connectivity index (χ1n) is 10.2. The Morgan fingerprint density at radius 2 is 1.41 bits per heavy atom. The van der Waals surface area contributed by atoms with Gasteiger partial charge in [0, 0.05) is 26.2 Å². The van der Waals surface area contributed by atoms with E-state index in [9.17, 15) is 9.59 Å². The highest BCUT2D eigenvalue weighted by molar-refractivity contribution is 6.61. The molecule has 32 heavy (non-hydrogen) atoms. The van der Waals surface area contributed by atoms with E-state index in [0.717, 1.165) is 22.2 Å². The van der Waals surface area contributed by atoms with Crippen molar-refractivity contribution < 1.29 is 23.6 Å². The van der Waals surface area contributed by atoms with E-state index < -0.39 is 19.1 Å². The van der Waals surface area contributed by atoms with Crippen LogP contribution in [0, 0.1) is 0 Å². The smallest absolute Gasteiger partial charge is 0.467 e. The molecule has 0 saturated heterocycles. The number of carbonyl (C=O) groups is 2. The van der Waals surface area contributed by atoms with Crippen molar-refractivity contribution in [3.8, 4) is 11.1 Å². The quantitative estimate of drug-likeness (QED) is 0.417. The standard InChI is InChI=1S/C25H26BNO5/c1-30-25(29)23(17-18-9-15-22(16-10-18)26(31-2)32-3)27-24(28)21-13-11-20(12-14-21)19-7-5-4-6-8-19/h4-16,23H,17H2,1-3H3,(H,27,28)/t23-/m0/s1. The van der Waals surface area contributed by atoms with Crippen molar-refractivity contribution in [1.29, 1.82) is 0 Å². The maximum absolute atomic E-state index is 12.8.